The molecule has 1 unspecified atom stereocenters. The smallest absolute Gasteiger partial charge is 0.239 e. The molecule has 110 valence electrons. The fourth-order valence-electron chi connectivity index (χ4n) is 2.13. The van der Waals surface area contributed by atoms with Crippen LogP contribution >= 0.6 is 0 Å². The van der Waals surface area contributed by atoms with Crippen molar-refractivity contribution in [3.05, 3.63) is 60.3 Å². The van der Waals surface area contributed by atoms with Crippen LogP contribution in [-0.4, -0.2) is 25.6 Å². The summed E-state index contributed by atoms with van der Waals surface area (Å²) in [5, 5.41) is 7.89. The Morgan fingerprint density at radius 1 is 0.864 bits per heavy atom. The SMILES string of the molecule is Cc1ccc(-c2ccc(-c3cnnc(S(C)=O)n3)cc2)cc1. The standard InChI is InChI=1S/C17H15N3OS/c1-12-3-5-13(6-4-12)14-7-9-15(10-8-14)16-11-18-20-17(19-16)22(2)21/h3-11H,1-2H3. The van der Waals surface area contributed by atoms with Crippen molar-refractivity contribution in [2.24, 2.45) is 0 Å². The predicted molar refractivity (Wildman–Crippen MR) is 87.8 cm³/mol. The van der Waals surface area contributed by atoms with Crippen molar-refractivity contribution in [2.75, 3.05) is 6.26 Å². The lowest BCUT2D eigenvalue weighted by atomic mass is 10.0. The van der Waals surface area contributed by atoms with E-state index in [1.165, 1.54) is 11.1 Å². The van der Waals surface area contributed by atoms with Gasteiger partial charge in [0, 0.05) is 11.8 Å². The molecule has 0 spiro atoms. The van der Waals surface area contributed by atoms with Crippen LogP contribution in [0.15, 0.2) is 59.9 Å². The Kier molecular flexibility index (Phi) is 4.06. The van der Waals surface area contributed by atoms with Crippen LogP contribution in [0.25, 0.3) is 22.4 Å². The highest BCUT2D eigenvalue weighted by atomic mass is 32.2. The van der Waals surface area contributed by atoms with Crippen LogP contribution in [0, 0.1) is 6.92 Å². The maximum absolute atomic E-state index is 11.4. The molecule has 3 aromatic rings. The minimum atomic E-state index is -1.23. The monoisotopic (exact) mass is 309 g/mol. The molecule has 0 saturated carbocycles. The van der Waals surface area contributed by atoms with E-state index in [0.29, 0.717) is 5.69 Å². The first-order chi connectivity index (χ1) is 10.6. The molecule has 0 bridgehead atoms. The fraction of sp³-hybridized carbons (Fsp3) is 0.118. The lowest BCUT2D eigenvalue weighted by molar-refractivity contribution is 0.675. The number of nitrogens with zero attached hydrogens (tertiary/aromatic N) is 3. The molecule has 0 aliphatic heterocycles. The second-order valence-electron chi connectivity index (χ2n) is 5.02. The Morgan fingerprint density at radius 3 is 2.00 bits per heavy atom. The third-order valence-electron chi connectivity index (χ3n) is 3.36. The largest absolute Gasteiger partial charge is 0.251 e. The van der Waals surface area contributed by atoms with Crippen LogP contribution in [0.5, 0.6) is 0 Å². The highest BCUT2D eigenvalue weighted by Crippen LogP contribution is 2.23. The molecule has 0 aliphatic rings. The van der Waals surface area contributed by atoms with Gasteiger partial charge in [0.15, 0.2) is 0 Å². The normalized spacial score (nSPS) is 12.1. The van der Waals surface area contributed by atoms with E-state index >= 15 is 0 Å². The first kappa shape index (κ1) is 14.5. The molecular formula is C17H15N3OS. The van der Waals surface area contributed by atoms with Crippen molar-refractivity contribution >= 4 is 10.8 Å². The van der Waals surface area contributed by atoms with E-state index in [0.717, 1.165) is 11.1 Å². The third-order valence-corrected chi connectivity index (χ3v) is 4.05. The summed E-state index contributed by atoms with van der Waals surface area (Å²) in [5.74, 6) is 0. The van der Waals surface area contributed by atoms with Crippen molar-refractivity contribution in [3.63, 3.8) is 0 Å². The predicted octanol–water partition coefficient (Wildman–Crippen LogP) is 3.25. The molecule has 1 aromatic heterocycles. The molecule has 2 aromatic carbocycles. The summed E-state index contributed by atoms with van der Waals surface area (Å²) < 4.78 is 11.4. The van der Waals surface area contributed by atoms with Gasteiger partial charge in [0.1, 0.15) is 0 Å². The lowest BCUT2D eigenvalue weighted by Crippen LogP contribution is -2.00. The minimum Gasteiger partial charge on any atom is -0.251 e. The summed E-state index contributed by atoms with van der Waals surface area (Å²) in [6, 6.07) is 16.5. The maximum atomic E-state index is 11.4. The fourth-order valence-corrected chi connectivity index (χ4v) is 2.52. The third kappa shape index (κ3) is 3.09. The van der Waals surface area contributed by atoms with Gasteiger partial charge in [-0.05, 0) is 18.1 Å². The summed E-state index contributed by atoms with van der Waals surface area (Å²) in [6.45, 7) is 2.07. The zero-order valence-electron chi connectivity index (χ0n) is 12.4. The molecule has 1 atom stereocenters. The highest BCUT2D eigenvalue weighted by molar-refractivity contribution is 7.84. The topological polar surface area (TPSA) is 55.7 Å². The second-order valence-corrected chi connectivity index (χ2v) is 6.30. The van der Waals surface area contributed by atoms with E-state index in [2.05, 4.69) is 46.4 Å². The van der Waals surface area contributed by atoms with E-state index in [1.54, 1.807) is 12.5 Å². The molecule has 4 nitrogen and oxygen atoms in total. The van der Waals surface area contributed by atoms with Gasteiger partial charge in [-0.1, -0.05) is 54.1 Å². The van der Waals surface area contributed by atoms with Gasteiger partial charge in [-0.25, -0.2) is 4.98 Å². The van der Waals surface area contributed by atoms with Crippen LogP contribution in [-0.2, 0) is 10.8 Å². The van der Waals surface area contributed by atoms with Gasteiger partial charge < -0.3 is 0 Å². The van der Waals surface area contributed by atoms with Crippen molar-refractivity contribution in [1.82, 2.24) is 15.2 Å². The van der Waals surface area contributed by atoms with Gasteiger partial charge in [0.2, 0.25) is 5.16 Å². The van der Waals surface area contributed by atoms with Gasteiger partial charge in [0.25, 0.3) is 0 Å². The van der Waals surface area contributed by atoms with Crippen LogP contribution in [0.3, 0.4) is 0 Å². The first-order valence-corrected chi connectivity index (χ1v) is 8.40. The maximum Gasteiger partial charge on any atom is 0.239 e. The number of hydrogen-bond acceptors (Lipinski definition) is 4. The van der Waals surface area contributed by atoms with Gasteiger partial charge >= 0.3 is 0 Å². The summed E-state index contributed by atoms with van der Waals surface area (Å²) in [5.41, 5.74) is 5.17. The average Bonchev–Trinajstić information content (AvgIpc) is 2.56. The molecule has 1 heterocycles. The van der Waals surface area contributed by atoms with E-state index in [4.69, 9.17) is 0 Å². The summed E-state index contributed by atoms with van der Waals surface area (Å²) >= 11 is 0. The molecule has 0 radical (unpaired) electrons. The van der Waals surface area contributed by atoms with Gasteiger partial charge in [-0.3, -0.25) is 4.21 Å². The van der Waals surface area contributed by atoms with Crippen LogP contribution in [0.2, 0.25) is 0 Å². The number of aryl methyl sites for hydroxylation is 1. The summed E-state index contributed by atoms with van der Waals surface area (Å²) in [7, 11) is -1.23. The van der Waals surface area contributed by atoms with Crippen molar-refractivity contribution < 1.29 is 4.21 Å². The van der Waals surface area contributed by atoms with E-state index in [9.17, 15) is 4.21 Å². The number of benzene rings is 2. The quantitative estimate of drug-likeness (QED) is 0.745. The molecule has 0 aliphatic carbocycles. The van der Waals surface area contributed by atoms with Crippen molar-refractivity contribution in [3.8, 4) is 22.4 Å². The minimum absolute atomic E-state index is 0.250. The summed E-state index contributed by atoms with van der Waals surface area (Å²) in [6.07, 6.45) is 3.12. The second kappa shape index (κ2) is 6.15. The van der Waals surface area contributed by atoms with Gasteiger partial charge in [-0.2, -0.15) is 5.10 Å². The van der Waals surface area contributed by atoms with Gasteiger partial charge in [-0.15, -0.1) is 5.10 Å². The molecular weight excluding hydrogens is 294 g/mol. The molecule has 0 N–H and O–H groups in total. The van der Waals surface area contributed by atoms with Crippen molar-refractivity contribution in [1.29, 1.82) is 0 Å². The number of hydrogen-bond donors (Lipinski definition) is 0. The van der Waals surface area contributed by atoms with Gasteiger partial charge in [0.05, 0.1) is 22.7 Å². The number of rotatable bonds is 3. The molecule has 3 rings (SSSR count). The van der Waals surface area contributed by atoms with Crippen molar-refractivity contribution in [2.45, 2.75) is 12.1 Å². The first-order valence-electron chi connectivity index (χ1n) is 6.84. The Morgan fingerprint density at radius 2 is 1.41 bits per heavy atom. The summed E-state index contributed by atoms with van der Waals surface area (Å²) in [4.78, 5) is 4.28. The van der Waals surface area contributed by atoms with E-state index < -0.39 is 10.8 Å². The Bertz CT molecular complexity index is 814. The average molecular weight is 309 g/mol. The zero-order chi connectivity index (χ0) is 15.5. The Labute approximate surface area is 131 Å². The van der Waals surface area contributed by atoms with Crippen LogP contribution < -0.4 is 0 Å². The van der Waals surface area contributed by atoms with Crippen LogP contribution in [0.1, 0.15) is 5.56 Å². The number of aromatic nitrogens is 3. The Hall–Kier alpha value is -2.40. The zero-order valence-corrected chi connectivity index (χ0v) is 13.2. The molecule has 0 amide bonds. The lowest BCUT2D eigenvalue weighted by Gasteiger charge is -2.05. The van der Waals surface area contributed by atoms with E-state index in [-0.39, 0.29) is 5.16 Å². The van der Waals surface area contributed by atoms with Crippen LogP contribution in [0.4, 0.5) is 0 Å². The Balaban J connectivity index is 1.92. The molecule has 0 fully saturated rings. The van der Waals surface area contributed by atoms with E-state index in [1.807, 2.05) is 24.3 Å². The molecule has 22 heavy (non-hydrogen) atoms. The highest BCUT2D eigenvalue weighted by Gasteiger charge is 2.06. The molecule has 0 saturated heterocycles. The molecule has 5 heteroatoms.